The third kappa shape index (κ3) is 5.25. The number of rotatable bonds is 8. The number of aromatic hydroxyl groups is 1. The average Bonchev–Trinajstić information content (AvgIpc) is 3.21. The Morgan fingerprint density at radius 2 is 1.94 bits per heavy atom. The molecule has 1 aliphatic carbocycles. The number of aliphatic hydroxyl groups excluding tert-OH is 1. The van der Waals surface area contributed by atoms with Crippen LogP contribution in [-0.2, 0) is 6.42 Å². The van der Waals surface area contributed by atoms with Crippen LogP contribution in [0.1, 0.15) is 36.1 Å². The molecule has 0 bridgehead atoms. The summed E-state index contributed by atoms with van der Waals surface area (Å²) < 4.78 is 5.55. The summed E-state index contributed by atoms with van der Waals surface area (Å²) in [5.74, 6) is 2.23. The van der Waals surface area contributed by atoms with Crippen LogP contribution in [0.5, 0.6) is 11.5 Å². The molecule has 1 fully saturated rings. The summed E-state index contributed by atoms with van der Waals surface area (Å²) in [4.78, 5) is 6.03. The highest BCUT2D eigenvalue weighted by atomic mass is 32.1. The number of phenols is 1. The first kappa shape index (κ1) is 22.2. The molecule has 0 amide bonds. The molecule has 0 spiro atoms. The van der Waals surface area contributed by atoms with Crippen molar-refractivity contribution in [3.8, 4) is 22.8 Å². The molecule has 168 valence electrons. The molecule has 3 aromatic rings. The first-order valence-electron chi connectivity index (χ1n) is 11.1. The van der Waals surface area contributed by atoms with Gasteiger partial charge in [0.25, 0.3) is 0 Å². The molecule has 3 N–H and O–H groups in total. The van der Waals surface area contributed by atoms with E-state index >= 15 is 0 Å². The minimum atomic E-state index is 0.232. The lowest BCUT2D eigenvalue weighted by molar-refractivity contribution is 0.242. The Balaban J connectivity index is 1.53. The maximum absolute atomic E-state index is 9.99. The number of nitrogens with zero attached hydrogens (tertiary/aromatic N) is 1. The van der Waals surface area contributed by atoms with Crippen LogP contribution in [0.2, 0.25) is 0 Å². The van der Waals surface area contributed by atoms with Crippen LogP contribution in [0.25, 0.3) is 11.3 Å². The highest BCUT2D eigenvalue weighted by Crippen LogP contribution is 2.37. The number of nitrogens with one attached hydrogen (secondary N) is 1. The molecule has 1 aliphatic rings. The standard InChI is InChI=1S/C26H30N2O3S/c1-17(29)19-12-10-18(11-13-19)16-27-26-28-25(21-7-5-8-22(30)14-21)24(32-26)15-20-6-3-4-9-23(20)31-2/h3-9,14,18-19,29-30H,1,10-13,15-16H2,2H3,(H,27,28). The van der Waals surface area contributed by atoms with Crippen molar-refractivity contribution in [3.05, 3.63) is 71.3 Å². The number of allylic oxidation sites excluding steroid dienone is 1. The van der Waals surface area contributed by atoms with Crippen LogP contribution in [0.4, 0.5) is 5.13 Å². The summed E-state index contributed by atoms with van der Waals surface area (Å²) in [6.07, 6.45) is 4.85. The lowest BCUT2D eigenvalue weighted by Gasteiger charge is -2.27. The maximum Gasteiger partial charge on any atom is 0.183 e. The highest BCUT2D eigenvalue weighted by molar-refractivity contribution is 7.16. The fourth-order valence-corrected chi connectivity index (χ4v) is 5.39. The van der Waals surface area contributed by atoms with Gasteiger partial charge in [-0.1, -0.05) is 36.9 Å². The Morgan fingerprint density at radius 3 is 2.66 bits per heavy atom. The molecule has 0 atom stereocenters. The summed E-state index contributed by atoms with van der Waals surface area (Å²) in [5.41, 5.74) is 2.90. The van der Waals surface area contributed by atoms with Gasteiger partial charge in [-0.3, -0.25) is 0 Å². The summed E-state index contributed by atoms with van der Waals surface area (Å²) in [6, 6.07) is 15.3. The molecular weight excluding hydrogens is 420 g/mol. The van der Waals surface area contributed by atoms with Crippen molar-refractivity contribution < 1.29 is 14.9 Å². The number of hydrogen-bond acceptors (Lipinski definition) is 6. The largest absolute Gasteiger partial charge is 0.513 e. The molecule has 32 heavy (non-hydrogen) atoms. The number of benzene rings is 2. The molecule has 0 aliphatic heterocycles. The molecule has 0 radical (unpaired) electrons. The number of aromatic nitrogens is 1. The van der Waals surface area contributed by atoms with Crippen molar-refractivity contribution in [1.29, 1.82) is 0 Å². The van der Waals surface area contributed by atoms with Gasteiger partial charge in [-0.25, -0.2) is 4.98 Å². The first-order valence-corrected chi connectivity index (χ1v) is 11.9. The van der Waals surface area contributed by atoms with Gasteiger partial charge in [0.2, 0.25) is 0 Å². The monoisotopic (exact) mass is 450 g/mol. The zero-order valence-corrected chi connectivity index (χ0v) is 19.2. The van der Waals surface area contributed by atoms with Crippen LogP contribution < -0.4 is 10.1 Å². The molecular formula is C26H30N2O3S. The van der Waals surface area contributed by atoms with E-state index in [9.17, 15) is 10.2 Å². The highest BCUT2D eigenvalue weighted by Gasteiger charge is 2.23. The maximum atomic E-state index is 9.99. The van der Waals surface area contributed by atoms with Gasteiger partial charge >= 0.3 is 0 Å². The minimum Gasteiger partial charge on any atom is -0.513 e. The summed E-state index contributed by atoms with van der Waals surface area (Å²) >= 11 is 1.65. The lowest BCUT2D eigenvalue weighted by Crippen LogP contribution is -2.21. The number of thiazole rings is 1. The lowest BCUT2D eigenvalue weighted by atomic mass is 9.81. The van der Waals surface area contributed by atoms with E-state index < -0.39 is 0 Å². The van der Waals surface area contributed by atoms with E-state index in [0.29, 0.717) is 18.1 Å². The predicted molar refractivity (Wildman–Crippen MR) is 131 cm³/mol. The molecule has 5 nitrogen and oxygen atoms in total. The zero-order chi connectivity index (χ0) is 22.5. The number of aliphatic hydroxyl groups is 1. The number of methoxy groups -OCH3 is 1. The fraction of sp³-hybridized carbons (Fsp3) is 0.346. The van der Waals surface area contributed by atoms with Crippen molar-refractivity contribution in [2.75, 3.05) is 19.0 Å². The third-order valence-corrected chi connectivity index (χ3v) is 7.23. The summed E-state index contributed by atoms with van der Waals surface area (Å²) in [6.45, 7) is 4.56. The number of hydrogen-bond donors (Lipinski definition) is 3. The van der Waals surface area contributed by atoms with E-state index in [1.54, 1.807) is 30.6 Å². The van der Waals surface area contributed by atoms with Crippen molar-refractivity contribution in [2.24, 2.45) is 11.8 Å². The van der Waals surface area contributed by atoms with Crippen molar-refractivity contribution >= 4 is 16.5 Å². The molecule has 0 saturated heterocycles. The molecule has 2 aromatic carbocycles. The smallest absolute Gasteiger partial charge is 0.183 e. The van der Waals surface area contributed by atoms with Crippen LogP contribution in [0.15, 0.2) is 60.9 Å². The Morgan fingerprint density at radius 1 is 1.16 bits per heavy atom. The Labute approximate surface area is 193 Å². The van der Waals surface area contributed by atoms with E-state index in [1.165, 1.54) is 0 Å². The van der Waals surface area contributed by atoms with Gasteiger partial charge in [0.15, 0.2) is 5.13 Å². The Hall–Kier alpha value is -2.99. The SMILES string of the molecule is C=C(O)C1CCC(CNc2nc(-c3cccc(O)c3)c(Cc3ccccc3OC)s2)CC1. The number of phenolic OH excluding ortho intramolecular Hbond substituents is 1. The van der Waals surface area contributed by atoms with Gasteiger partial charge in [0.05, 0.1) is 18.6 Å². The van der Waals surface area contributed by atoms with Gasteiger partial charge in [-0.15, -0.1) is 11.3 Å². The quantitative estimate of drug-likeness (QED) is 0.346. The van der Waals surface area contributed by atoms with Gasteiger partial charge in [0, 0.05) is 29.3 Å². The normalized spacial score (nSPS) is 18.3. The molecule has 4 rings (SSSR count). The van der Waals surface area contributed by atoms with Crippen molar-refractivity contribution in [2.45, 2.75) is 32.1 Å². The number of para-hydroxylation sites is 1. The van der Waals surface area contributed by atoms with E-state index in [-0.39, 0.29) is 11.7 Å². The molecule has 0 unspecified atom stereocenters. The summed E-state index contributed by atoms with van der Waals surface area (Å²) in [5, 5.41) is 24.1. The fourth-order valence-electron chi connectivity index (χ4n) is 4.38. The summed E-state index contributed by atoms with van der Waals surface area (Å²) in [7, 11) is 1.69. The Kier molecular flexibility index (Phi) is 7.00. The number of anilines is 1. The van der Waals surface area contributed by atoms with Crippen LogP contribution >= 0.6 is 11.3 Å². The molecule has 1 aromatic heterocycles. The zero-order valence-electron chi connectivity index (χ0n) is 18.4. The molecule has 6 heteroatoms. The van der Waals surface area contributed by atoms with Gasteiger partial charge in [-0.2, -0.15) is 0 Å². The topological polar surface area (TPSA) is 74.6 Å². The van der Waals surface area contributed by atoms with E-state index in [4.69, 9.17) is 9.72 Å². The average molecular weight is 451 g/mol. The predicted octanol–water partition coefficient (Wildman–Crippen LogP) is 6.41. The van der Waals surface area contributed by atoms with Gasteiger partial charge < -0.3 is 20.3 Å². The number of ether oxygens (including phenoxy) is 1. The van der Waals surface area contributed by atoms with Crippen LogP contribution in [0, 0.1) is 11.8 Å². The van der Waals surface area contributed by atoms with Crippen LogP contribution in [-0.4, -0.2) is 28.9 Å². The van der Waals surface area contributed by atoms with Crippen molar-refractivity contribution in [3.63, 3.8) is 0 Å². The second kappa shape index (κ2) is 10.1. The minimum absolute atomic E-state index is 0.232. The Bertz CT molecular complexity index is 1070. The van der Waals surface area contributed by atoms with Gasteiger partial charge in [-0.05, 0) is 55.4 Å². The van der Waals surface area contributed by atoms with E-state index in [1.807, 2.05) is 30.3 Å². The third-order valence-electron chi connectivity index (χ3n) is 6.22. The second-order valence-corrected chi connectivity index (χ2v) is 9.50. The van der Waals surface area contributed by atoms with E-state index in [2.05, 4.69) is 18.0 Å². The molecule has 1 saturated carbocycles. The molecule has 1 heterocycles. The second-order valence-electron chi connectivity index (χ2n) is 8.42. The first-order chi connectivity index (χ1) is 15.5. The van der Waals surface area contributed by atoms with Gasteiger partial charge in [0.1, 0.15) is 11.5 Å². The van der Waals surface area contributed by atoms with Crippen molar-refractivity contribution in [1.82, 2.24) is 4.98 Å². The van der Waals surface area contributed by atoms with Crippen LogP contribution in [0.3, 0.4) is 0 Å². The van der Waals surface area contributed by atoms with E-state index in [0.717, 1.165) is 64.8 Å².